The second-order valence-electron chi connectivity index (χ2n) is 5.10. The number of likely N-dealkylation sites (tertiary alicyclic amines) is 1. The summed E-state index contributed by atoms with van der Waals surface area (Å²) in [5.74, 6) is 0.337. The Hall–Kier alpha value is -0.650. The molecule has 2 saturated heterocycles. The molecule has 0 aliphatic carbocycles. The van der Waals surface area contributed by atoms with Gasteiger partial charge in [-0.15, -0.1) is 0 Å². The van der Waals surface area contributed by atoms with Crippen molar-refractivity contribution >= 4 is 5.91 Å². The Morgan fingerprint density at radius 3 is 2.94 bits per heavy atom. The fraction of sp³-hybridized carbons (Fsp3) is 0.917. The molecule has 2 unspecified atom stereocenters. The van der Waals surface area contributed by atoms with E-state index in [1.54, 1.807) is 0 Å². The van der Waals surface area contributed by atoms with Crippen LogP contribution < -0.4 is 0 Å². The molecule has 1 amide bonds. The molecule has 2 fully saturated rings. The van der Waals surface area contributed by atoms with Gasteiger partial charge in [0.05, 0.1) is 6.61 Å². The molecule has 17 heavy (non-hydrogen) atoms. The van der Waals surface area contributed by atoms with Gasteiger partial charge >= 0.3 is 0 Å². The number of aliphatic hydroxyl groups is 1. The van der Waals surface area contributed by atoms with Gasteiger partial charge in [-0.25, -0.2) is 0 Å². The van der Waals surface area contributed by atoms with E-state index in [9.17, 15) is 4.79 Å². The number of morpholine rings is 1. The summed E-state index contributed by atoms with van der Waals surface area (Å²) in [5.41, 5.74) is 0. The molecule has 2 atom stereocenters. The van der Waals surface area contributed by atoms with Gasteiger partial charge < -0.3 is 19.6 Å². The Bertz CT molecular complexity index is 272. The van der Waals surface area contributed by atoms with Crippen LogP contribution in [0, 0.1) is 5.92 Å². The molecule has 2 aliphatic heterocycles. The van der Waals surface area contributed by atoms with Crippen LogP contribution in [0.25, 0.3) is 0 Å². The first-order valence-electron chi connectivity index (χ1n) is 6.40. The average Bonchev–Trinajstić information content (AvgIpc) is 2.38. The van der Waals surface area contributed by atoms with Crippen LogP contribution >= 0.6 is 0 Å². The number of ether oxygens (including phenoxy) is 1. The molecule has 1 N–H and O–H groups in total. The average molecular weight is 242 g/mol. The van der Waals surface area contributed by atoms with Crippen molar-refractivity contribution in [2.45, 2.75) is 18.9 Å². The number of aliphatic hydroxyl groups excluding tert-OH is 1. The molecule has 0 aromatic rings. The first-order valence-corrected chi connectivity index (χ1v) is 6.40. The molecule has 5 heteroatoms. The zero-order chi connectivity index (χ0) is 12.3. The highest BCUT2D eigenvalue weighted by atomic mass is 16.5. The first-order chi connectivity index (χ1) is 8.20. The van der Waals surface area contributed by atoms with Crippen molar-refractivity contribution in [3.8, 4) is 0 Å². The van der Waals surface area contributed by atoms with Crippen LogP contribution in [0.5, 0.6) is 0 Å². The zero-order valence-electron chi connectivity index (χ0n) is 10.5. The number of carbonyl (C=O) groups is 1. The fourth-order valence-corrected chi connectivity index (χ4v) is 2.55. The summed E-state index contributed by atoms with van der Waals surface area (Å²) in [6.45, 7) is 3.86. The van der Waals surface area contributed by atoms with Gasteiger partial charge in [0.2, 0.25) is 0 Å². The molecule has 0 bridgehead atoms. The Morgan fingerprint density at radius 2 is 2.24 bits per heavy atom. The highest BCUT2D eigenvalue weighted by molar-refractivity contribution is 5.81. The van der Waals surface area contributed by atoms with E-state index in [4.69, 9.17) is 9.84 Å². The summed E-state index contributed by atoms with van der Waals surface area (Å²) in [5, 5.41) is 9.17. The maximum absolute atomic E-state index is 12.3. The van der Waals surface area contributed by atoms with Gasteiger partial charge in [-0.3, -0.25) is 4.79 Å². The van der Waals surface area contributed by atoms with Crippen LogP contribution in [-0.4, -0.2) is 73.4 Å². The Kier molecular flexibility index (Phi) is 4.36. The van der Waals surface area contributed by atoms with Crippen LogP contribution in [0.4, 0.5) is 0 Å². The maximum Gasteiger partial charge on any atom is 0.253 e. The van der Waals surface area contributed by atoms with Gasteiger partial charge in [0.1, 0.15) is 6.10 Å². The molecule has 0 aromatic carbocycles. The predicted molar refractivity (Wildman–Crippen MR) is 63.6 cm³/mol. The van der Waals surface area contributed by atoms with Gasteiger partial charge in [-0.05, 0) is 25.8 Å². The van der Waals surface area contributed by atoms with Gasteiger partial charge in [-0.1, -0.05) is 0 Å². The number of hydrogen-bond donors (Lipinski definition) is 1. The van der Waals surface area contributed by atoms with E-state index in [-0.39, 0.29) is 24.5 Å². The molecule has 0 spiro atoms. The predicted octanol–water partition coefficient (Wildman–Crippen LogP) is -0.452. The minimum atomic E-state index is -0.314. The van der Waals surface area contributed by atoms with Crippen molar-refractivity contribution in [1.82, 2.24) is 9.80 Å². The normalized spacial score (nSPS) is 31.5. The van der Waals surface area contributed by atoms with Crippen molar-refractivity contribution < 1.29 is 14.6 Å². The molecule has 0 saturated carbocycles. The van der Waals surface area contributed by atoms with Crippen molar-refractivity contribution in [2.24, 2.45) is 5.92 Å². The van der Waals surface area contributed by atoms with Crippen LogP contribution in [0.3, 0.4) is 0 Å². The highest BCUT2D eigenvalue weighted by Gasteiger charge is 2.31. The van der Waals surface area contributed by atoms with E-state index in [0.717, 1.165) is 25.9 Å². The summed E-state index contributed by atoms with van der Waals surface area (Å²) in [7, 11) is 2.01. The van der Waals surface area contributed by atoms with E-state index in [1.807, 2.05) is 11.9 Å². The van der Waals surface area contributed by atoms with E-state index in [1.165, 1.54) is 0 Å². The first kappa shape index (κ1) is 12.8. The lowest BCUT2D eigenvalue weighted by Gasteiger charge is -2.36. The van der Waals surface area contributed by atoms with Gasteiger partial charge in [-0.2, -0.15) is 0 Å². The summed E-state index contributed by atoms with van der Waals surface area (Å²) in [4.78, 5) is 16.2. The summed E-state index contributed by atoms with van der Waals surface area (Å²) >= 11 is 0. The lowest BCUT2D eigenvalue weighted by Crippen LogP contribution is -2.52. The molecule has 0 aromatic heterocycles. The minimum absolute atomic E-state index is 0.0923. The molecular weight excluding hydrogens is 220 g/mol. The van der Waals surface area contributed by atoms with Crippen molar-refractivity contribution in [3.63, 3.8) is 0 Å². The van der Waals surface area contributed by atoms with Crippen LogP contribution in [-0.2, 0) is 9.53 Å². The zero-order valence-corrected chi connectivity index (χ0v) is 10.5. The van der Waals surface area contributed by atoms with Crippen LogP contribution in [0.2, 0.25) is 0 Å². The maximum atomic E-state index is 12.3. The lowest BCUT2D eigenvalue weighted by atomic mass is 9.98. The SMILES string of the molecule is CN1CCOC(C(=O)N2CCCC(CO)C2)C1. The smallest absolute Gasteiger partial charge is 0.253 e. The van der Waals surface area contributed by atoms with E-state index in [2.05, 4.69) is 4.90 Å². The third-order valence-corrected chi connectivity index (χ3v) is 3.63. The van der Waals surface area contributed by atoms with Gasteiger partial charge in [0, 0.05) is 32.8 Å². The summed E-state index contributed by atoms with van der Waals surface area (Å²) in [6, 6.07) is 0. The molecule has 98 valence electrons. The quantitative estimate of drug-likeness (QED) is 0.712. The van der Waals surface area contributed by atoms with Crippen molar-refractivity contribution in [1.29, 1.82) is 0 Å². The Labute approximate surface area is 102 Å². The molecule has 2 rings (SSSR count). The molecule has 0 radical (unpaired) electrons. The summed E-state index contributed by atoms with van der Waals surface area (Å²) in [6.07, 6.45) is 1.69. The fourth-order valence-electron chi connectivity index (χ4n) is 2.55. The van der Waals surface area contributed by atoms with Crippen molar-refractivity contribution in [2.75, 3.05) is 46.4 Å². The molecular formula is C12H22N2O3. The summed E-state index contributed by atoms with van der Waals surface area (Å²) < 4.78 is 5.54. The second-order valence-corrected chi connectivity index (χ2v) is 5.10. The third kappa shape index (κ3) is 3.18. The largest absolute Gasteiger partial charge is 0.396 e. The molecule has 2 heterocycles. The van der Waals surface area contributed by atoms with Gasteiger partial charge in [0.25, 0.3) is 5.91 Å². The third-order valence-electron chi connectivity index (χ3n) is 3.63. The number of nitrogens with zero attached hydrogens (tertiary/aromatic N) is 2. The number of piperidine rings is 1. The minimum Gasteiger partial charge on any atom is -0.396 e. The number of amides is 1. The molecule has 5 nitrogen and oxygen atoms in total. The number of hydrogen-bond acceptors (Lipinski definition) is 4. The lowest BCUT2D eigenvalue weighted by molar-refractivity contribution is -0.150. The Balaban J connectivity index is 1.89. The molecule has 2 aliphatic rings. The topological polar surface area (TPSA) is 53.0 Å². The van der Waals surface area contributed by atoms with Crippen LogP contribution in [0.15, 0.2) is 0 Å². The Morgan fingerprint density at radius 1 is 1.41 bits per heavy atom. The van der Waals surface area contributed by atoms with E-state index >= 15 is 0 Å². The number of rotatable bonds is 2. The number of carbonyl (C=O) groups excluding carboxylic acids is 1. The van der Waals surface area contributed by atoms with Crippen LogP contribution in [0.1, 0.15) is 12.8 Å². The second kappa shape index (κ2) is 5.80. The van der Waals surface area contributed by atoms with E-state index in [0.29, 0.717) is 19.7 Å². The van der Waals surface area contributed by atoms with Gasteiger partial charge in [0.15, 0.2) is 0 Å². The standard InChI is InChI=1S/C12H22N2O3/c1-13-5-6-17-11(8-13)12(16)14-4-2-3-10(7-14)9-15/h10-11,15H,2-9H2,1H3. The van der Waals surface area contributed by atoms with Crippen molar-refractivity contribution in [3.05, 3.63) is 0 Å². The monoisotopic (exact) mass is 242 g/mol. The highest BCUT2D eigenvalue weighted by Crippen LogP contribution is 2.18. The van der Waals surface area contributed by atoms with E-state index < -0.39 is 0 Å². The number of likely N-dealkylation sites (N-methyl/N-ethyl adjacent to an activating group) is 1.